The Bertz CT molecular complexity index is 705. The van der Waals surface area contributed by atoms with E-state index >= 15 is 0 Å². The highest BCUT2D eigenvalue weighted by atomic mass is 32.1. The summed E-state index contributed by atoms with van der Waals surface area (Å²) in [6.45, 7) is 1.63. The van der Waals surface area contributed by atoms with Crippen LogP contribution in [0.2, 0.25) is 0 Å². The normalized spacial score (nSPS) is 20.6. The Kier molecular flexibility index (Phi) is 3.63. The SMILES string of the molecule is O=C(C1=COCCO1)N1CCc2sccc2[C@@H]1c1cccs1. The first-order valence-electron chi connectivity index (χ1n) is 7.20. The Balaban J connectivity index is 1.72. The van der Waals surface area contributed by atoms with Gasteiger partial charge in [0, 0.05) is 16.3 Å². The van der Waals surface area contributed by atoms with E-state index in [4.69, 9.17) is 9.47 Å². The molecule has 0 fully saturated rings. The molecule has 0 bridgehead atoms. The summed E-state index contributed by atoms with van der Waals surface area (Å²) in [6, 6.07) is 6.24. The van der Waals surface area contributed by atoms with Crippen molar-refractivity contribution in [2.45, 2.75) is 12.5 Å². The smallest absolute Gasteiger partial charge is 0.293 e. The van der Waals surface area contributed by atoms with Gasteiger partial charge >= 0.3 is 0 Å². The van der Waals surface area contributed by atoms with Gasteiger partial charge in [-0.05, 0) is 34.9 Å². The van der Waals surface area contributed by atoms with Crippen LogP contribution < -0.4 is 0 Å². The number of carbonyl (C=O) groups excluding carboxylic acids is 1. The van der Waals surface area contributed by atoms with Crippen LogP contribution in [0.5, 0.6) is 0 Å². The summed E-state index contributed by atoms with van der Waals surface area (Å²) in [5, 5.41) is 4.16. The first kappa shape index (κ1) is 13.8. The van der Waals surface area contributed by atoms with Gasteiger partial charge < -0.3 is 14.4 Å². The second-order valence-corrected chi connectivity index (χ2v) is 7.15. The highest BCUT2D eigenvalue weighted by Crippen LogP contribution is 2.40. The highest BCUT2D eigenvalue weighted by molar-refractivity contribution is 7.10. The predicted octanol–water partition coefficient (Wildman–Crippen LogP) is 3.17. The predicted molar refractivity (Wildman–Crippen MR) is 85.9 cm³/mol. The van der Waals surface area contributed by atoms with Crippen LogP contribution in [0.15, 0.2) is 41.0 Å². The van der Waals surface area contributed by atoms with Crippen molar-refractivity contribution in [2.24, 2.45) is 0 Å². The minimum absolute atomic E-state index is 0.0195. The third kappa shape index (κ3) is 2.32. The van der Waals surface area contributed by atoms with Crippen molar-refractivity contribution in [3.63, 3.8) is 0 Å². The molecular weight excluding hydrogens is 318 g/mol. The molecule has 1 amide bonds. The molecule has 0 aliphatic carbocycles. The summed E-state index contributed by atoms with van der Waals surface area (Å²) in [4.78, 5) is 17.3. The lowest BCUT2D eigenvalue weighted by molar-refractivity contribution is -0.134. The molecule has 2 aromatic heterocycles. The molecule has 2 aliphatic rings. The van der Waals surface area contributed by atoms with Crippen molar-refractivity contribution in [3.05, 3.63) is 56.3 Å². The van der Waals surface area contributed by atoms with E-state index in [0.717, 1.165) is 6.42 Å². The Morgan fingerprint density at radius 1 is 1.23 bits per heavy atom. The lowest BCUT2D eigenvalue weighted by atomic mass is 9.98. The average Bonchev–Trinajstić information content (AvgIpc) is 3.25. The topological polar surface area (TPSA) is 38.8 Å². The minimum atomic E-state index is -0.0880. The first-order chi connectivity index (χ1) is 10.8. The second-order valence-electron chi connectivity index (χ2n) is 5.17. The number of fused-ring (bicyclic) bond motifs is 1. The molecule has 4 rings (SSSR count). The Labute approximate surface area is 136 Å². The number of rotatable bonds is 2. The number of ether oxygens (including phenoxy) is 2. The van der Waals surface area contributed by atoms with Crippen molar-refractivity contribution < 1.29 is 14.3 Å². The van der Waals surface area contributed by atoms with E-state index in [-0.39, 0.29) is 11.9 Å². The van der Waals surface area contributed by atoms with Gasteiger partial charge in [0.05, 0.1) is 6.04 Å². The standard InChI is InChI=1S/C16H15NO3S2/c18-16(12-10-19-6-7-20-12)17-5-3-13-11(4-9-22-13)15(17)14-2-1-8-21-14/h1-2,4,8-10,15H,3,5-7H2/t15-/m1/s1. The number of carbonyl (C=O) groups is 1. The van der Waals surface area contributed by atoms with Crippen LogP contribution in [-0.4, -0.2) is 30.6 Å². The second kappa shape index (κ2) is 5.78. The zero-order valence-electron chi connectivity index (χ0n) is 11.9. The van der Waals surface area contributed by atoms with Gasteiger partial charge in [0.25, 0.3) is 5.91 Å². The van der Waals surface area contributed by atoms with E-state index in [9.17, 15) is 4.79 Å². The lowest BCUT2D eigenvalue weighted by Gasteiger charge is -2.36. The molecule has 4 nitrogen and oxygen atoms in total. The fourth-order valence-electron chi connectivity index (χ4n) is 2.91. The maximum atomic E-state index is 12.9. The minimum Gasteiger partial charge on any atom is -0.494 e. The highest BCUT2D eigenvalue weighted by Gasteiger charge is 2.35. The third-order valence-electron chi connectivity index (χ3n) is 3.90. The molecule has 0 aromatic carbocycles. The summed E-state index contributed by atoms with van der Waals surface area (Å²) in [7, 11) is 0. The Morgan fingerprint density at radius 2 is 2.18 bits per heavy atom. The molecule has 0 saturated carbocycles. The van der Waals surface area contributed by atoms with Gasteiger partial charge in [-0.1, -0.05) is 6.07 Å². The molecule has 0 N–H and O–H groups in total. The quantitative estimate of drug-likeness (QED) is 0.847. The monoisotopic (exact) mass is 333 g/mol. The maximum Gasteiger partial charge on any atom is 0.293 e. The summed E-state index contributed by atoms with van der Waals surface area (Å²) in [5.41, 5.74) is 1.24. The van der Waals surface area contributed by atoms with Gasteiger partial charge in [0.2, 0.25) is 5.76 Å². The fraction of sp³-hybridized carbons (Fsp3) is 0.312. The Hall–Kier alpha value is -1.79. The van der Waals surface area contributed by atoms with Gasteiger partial charge in [-0.15, -0.1) is 22.7 Å². The summed E-state index contributed by atoms with van der Waals surface area (Å²) < 4.78 is 10.7. The van der Waals surface area contributed by atoms with Crippen molar-refractivity contribution in [2.75, 3.05) is 19.8 Å². The van der Waals surface area contributed by atoms with Crippen molar-refractivity contribution in [1.29, 1.82) is 0 Å². The molecule has 0 radical (unpaired) electrons. The van der Waals surface area contributed by atoms with E-state index in [1.807, 2.05) is 11.0 Å². The largest absolute Gasteiger partial charge is 0.494 e. The average molecular weight is 333 g/mol. The van der Waals surface area contributed by atoms with Gasteiger partial charge in [-0.3, -0.25) is 4.79 Å². The number of nitrogens with zero attached hydrogens (tertiary/aromatic N) is 1. The van der Waals surface area contributed by atoms with Crippen LogP contribution >= 0.6 is 22.7 Å². The zero-order valence-corrected chi connectivity index (χ0v) is 13.5. The molecule has 6 heteroatoms. The van der Waals surface area contributed by atoms with Crippen molar-refractivity contribution in [3.8, 4) is 0 Å². The summed E-state index contributed by atoms with van der Waals surface area (Å²) in [5.74, 6) is 0.224. The molecule has 4 heterocycles. The molecular formula is C16H15NO3S2. The van der Waals surface area contributed by atoms with Crippen LogP contribution in [-0.2, 0) is 20.7 Å². The third-order valence-corrected chi connectivity index (χ3v) is 5.82. The van der Waals surface area contributed by atoms with E-state index in [0.29, 0.717) is 25.5 Å². The van der Waals surface area contributed by atoms with E-state index < -0.39 is 0 Å². The first-order valence-corrected chi connectivity index (χ1v) is 8.96. The lowest BCUT2D eigenvalue weighted by Crippen LogP contribution is -2.41. The molecule has 0 unspecified atom stereocenters. The van der Waals surface area contributed by atoms with E-state index in [1.165, 1.54) is 21.6 Å². The molecule has 114 valence electrons. The Morgan fingerprint density at radius 3 is 2.95 bits per heavy atom. The van der Waals surface area contributed by atoms with Gasteiger partial charge in [0.1, 0.15) is 19.5 Å². The molecule has 1 atom stereocenters. The maximum absolute atomic E-state index is 12.9. The van der Waals surface area contributed by atoms with Gasteiger partial charge in [-0.25, -0.2) is 0 Å². The van der Waals surface area contributed by atoms with Gasteiger partial charge in [0.15, 0.2) is 0 Å². The molecule has 2 aromatic rings. The molecule has 22 heavy (non-hydrogen) atoms. The summed E-state index contributed by atoms with van der Waals surface area (Å²) >= 11 is 3.46. The van der Waals surface area contributed by atoms with E-state index in [2.05, 4.69) is 22.9 Å². The zero-order chi connectivity index (χ0) is 14.9. The fourth-order valence-corrected chi connectivity index (χ4v) is 4.67. The molecule has 2 aliphatic heterocycles. The van der Waals surface area contributed by atoms with Crippen LogP contribution in [0, 0.1) is 0 Å². The number of thiophene rings is 2. The molecule has 0 spiro atoms. The van der Waals surface area contributed by atoms with Gasteiger partial charge in [-0.2, -0.15) is 0 Å². The van der Waals surface area contributed by atoms with Crippen LogP contribution in [0.25, 0.3) is 0 Å². The number of hydrogen-bond donors (Lipinski definition) is 0. The van der Waals surface area contributed by atoms with Crippen molar-refractivity contribution in [1.82, 2.24) is 4.90 Å². The molecule has 0 saturated heterocycles. The van der Waals surface area contributed by atoms with E-state index in [1.54, 1.807) is 22.7 Å². The van der Waals surface area contributed by atoms with Crippen LogP contribution in [0.4, 0.5) is 0 Å². The summed E-state index contributed by atoms with van der Waals surface area (Å²) in [6.07, 6.45) is 2.34. The van der Waals surface area contributed by atoms with Crippen LogP contribution in [0.1, 0.15) is 21.4 Å². The van der Waals surface area contributed by atoms with Crippen molar-refractivity contribution >= 4 is 28.6 Å². The van der Waals surface area contributed by atoms with Crippen LogP contribution in [0.3, 0.4) is 0 Å². The number of hydrogen-bond acceptors (Lipinski definition) is 5. The number of amides is 1.